The highest BCUT2D eigenvalue weighted by molar-refractivity contribution is 5.38. The van der Waals surface area contributed by atoms with Gasteiger partial charge in [0, 0.05) is 17.0 Å². The zero-order valence-electron chi connectivity index (χ0n) is 14.9. The maximum Gasteiger partial charge on any atom is 0.0836 e. The lowest BCUT2D eigenvalue weighted by Gasteiger charge is -2.63. The molecule has 3 heteroatoms. The third-order valence-electron chi connectivity index (χ3n) is 8.53. The van der Waals surface area contributed by atoms with Crippen LogP contribution in [0.2, 0.25) is 0 Å². The number of nitrogens with two attached hydrogens (primary N) is 1. The molecule has 4 rings (SSSR count). The SMILES string of the molecule is C#CC1=CCC2C3C(CC[C@]12C)[C@@]1(C)CC[C@H](N)C[C@@H]1[C@@H](O)[C@@H]3O. The van der Waals surface area contributed by atoms with E-state index in [1.54, 1.807) is 0 Å². The molecule has 3 fully saturated rings. The quantitative estimate of drug-likeness (QED) is 0.598. The number of hydrogen-bond donors (Lipinski definition) is 3. The van der Waals surface area contributed by atoms with Crippen LogP contribution in [0.15, 0.2) is 11.6 Å². The van der Waals surface area contributed by atoms with Gasteiger partial charge in [0.25, 0.3) is 0 Å². The summed E-state index contributed by atoms with van der Waals surface area (Å²) >= 11 is 0. The van der Waals surface area contributed by atoms with Crippen molar-refractivity contribution in [2.45, 2.75) is 70.6 Å². The summed E-state index contributed by atoms with van der Waals surface area (Å²) in [6, 6.07) is 0.163. The van der Waals surface area contributed by atoms with Crippen LogP contribution in [-0.4, -0.2) is 28.5 Å². The smallest absolute Gasteiger partial charge is 0.0836 e. The van der Waals surface area contributed by atoms with Gasteiger partial charge < -0.3 is 15.9 Å². The van der Waals surface area contributed by atoms with Crippen molar-refractivity contribution >= 4 is 0 Å². The summed E-state index contributed by atoms with van der Waals surface area (Å²) < 4.78 is 0. The molecule has 132 valence electrons. The summed E-state index contributed by atoms with van der Waals surface area (Å²) in [7, 11) is 0. The Morgan fingerprint density at radius 3 is 2.58 bits per heavy atom. The third-order valence-corrected chi connectivity index (χ3v) is 8.53. The lowest BCUT2D eigenvalue weighted by molar-refractivity contribution is -0.210. The van der Waals surface area contributed by atoms with Crippen molar-refractivity contribution in [3.63, 3.8) is 0 Å². The van der Waals surface area contributed by atoms with Crippen molar-refractivity contribution in [3.05, 3.63) is 11.6 Å². The first-order chi connectivity index (χ1) is 11.3. The largest absolute Gasteiger partial charge is 0.390 e. The molecule has 0 heterocycles. The van der Waals surface area contributed by atoms with Crippen molar-refractivity contribution in [2.24, 2.45) is 40.2 Å². The second-order valence-electron chi connectivity index (χ2n) is 9.37. The summed E-state index contributed by atoms with van der Waals surface area (Å²) in [6.07, 6.45) is 12.8. The lowest BCUT2D eigenvalue weighted by Crippen LogP contribution is -2.64. The Hall–Kier alpha value is -0.820. The minimum absolute atomic E-state index is 0.00484. The molecule has 0 spiro atoms. The average molecular weight is 329 g/mol. The highest BCUT2D eigenvalue weighted by Crippen LogP contribution is 2.66. The molecule has 3 saturated carbocycles. The molecule has 0 bridgehead atoms. The molecule has 0 radical (unpaired) electrons. The Bertz CT molecular complexity index is 607. The van der Waals surface area contributed by atoms with E-state index in [9.17, 15) is 10.2 Å². The van der Waals surface area contributed by atoms with E-state index in [1.165, 1.54) is 0 Å². The summed E-state index contributed by atoms with van der Waals surface area (Å²) in [6.45, 7) is 4.63. The average Bonchev–Trinajstić information content (AvgIpc) is 2.90. The highest BCUT2D eigenvalue weighted by Gasteiger charge is 2.63. The molecule has 0 saturated heterocycles. The van der Waals surface area contributed by atoms with Crippen molar-refractivity contribution in [1.29, 1.82) is 0 Å². The van der Waals surface area contributed by atoms with Gasteiger partial charge in [-0.3, -0.25) is 0 Å². The first-order valence-corrected chi connectivity index (χ1v) is 9.62. The van der Waals surface area contributed by atoms with Crippen LogP contribution >= 0.6 is 0 Å². The monoisotopic (exact) mass is 329 g/mol. The first kappa shape index (κ1) is 16.6. The van der Waals surface area contributed by atoms with E-state index in [0.29, 0.717) is 11.8 Å². The fourth-order valence-electron chi connectivity index (χ4n) is 7.09. The van der Waals surface area contributed by atoms with E-state index in [1.807, 2.05) is 0 Å². The van der Waals surface area contributed by atoms with Crippen LogP contribution in [0.25, 0.3) is 0 Å². The maximum absolute atomic E-state index is 11.1. The van der Waals surface area contributed by atoms with Gasteiger partial charge in [-0.15, -0.1) is 6.42 Å². The number of hydrogen-bond acceptors (Lipinski definition) is 3. The fourth-order valence-corrected chi connectivity index (χ4v) is 7.09. The van der Waals surface area contributed by atoms with E-state index < -0.39 is 12.2 Å². The zero-order chi connectivity index (χ0) is 17.3. The molecule has 24 heavy (non-hydrogen) atoms. The number of aliphatic hydroxyl groups excluding tert-OH is 2. The molecule has 9 atom stereocenters. The normalized spacial score (nSPS) is 56.5. The molecule has 0 amide bonds. The summed E-state index contributed by atoms with van der Waals surface area (Å²) in [5, 5.41) is 22.0. The first-order valence-electron chi connectivity index (χ1n) is 9.62. The van der Waals surface area contributed by atoms with Gasteiger partial charge in [0.05, 0.1) is 12.2 Å². The van der Waals surface area contributed by atoms with Gasteiger partial charge in [-0.1, -0.05) is 25.8 Å². The summed E-state index contributed by atoms with van der Waals surface area (Å²) in [5.41, 5.74) is 7.41. The van der Waals surface area contributed by atoms with E-state index >= 15 is 0 Å². The summed E-state index contributed by atoms with van der Waals surface area (Å²) in [5.74, 6) is 4.01. The Balaban J connectivity index is 1.72. The number of aliphatic hydroxyl groups is 2. The van der Waals surface area contributed by atoms with Crippen molar-refractivity contribution < 1.29 is 10.2 Å². The molecule has 0 aromatic rings. The van der Waals surface area contributed by atoms with Gasteiger partial charge in [-0.05, 0) is 67.6 Å². The van der Waals surface area contributed by atoms with Gasteiger partial charge >= 0.3 is 0 Å². The molecule has 4 aliphatic carbocycles. The predicted molar refractivity (Wildman–Crippen MR) is 94.8 cm³/mol. The molecular weight excluding hydrogens is 298 g/mol. The van der Waals surface area contributed by atoms with Crippen LogP contribution in [0.3, 0.4) is 0 Å². The topological polar surface area (TPSA) is 66.5 Å². The number of terminal acetylenes is 1. The van der Waals surface area contributed by atoms with Gasteiger partial charge in [0.15, 0.2) is 0 Å². The lowest BCUT2D eigenvalue weighted by atomic mass is 9.43. The van der Waals surface area contributed by atoms with Crippen molar-refractivity contribution in [1.82, 2.24) is 0 Å². The van der Waals surface area contributed by atoms with E-state index in [0.717, 1.165) is 44.1 Å². The van der Waals surface area contributed by atoms with Crippen LogP contribution in [0.4, 0.5) is 0 Å². The molecule has 0 aromatic heterocycles. The van der Waals surface area contributed by atoms with Gasteiger partial charge in [0.2, 0.25) is 0 Å². The molecule has 0 aliphatic heterocycles. The maximum atomic E-state index is 11.1. The second-order valence-corrected chi connectivity index (χ2v) is 9.37. The molecular formula is C21H31NO2. The Kier molecular flexibility index (Phi) is 3.70. The molecule has 3 nitrogen and oxygen atoms in total. The van der Waals surface area contributed by atoms with Crippen molar-refractivity contribution in [2.75, 3.05) is 0 Å². The zero-order valence-corrected chi connectivity index (χ0v) is 14.9. The minimum Gasteiger partial charge on any atom is -0.390 e. The van der Waals surface area contributed by atoms with Gasteiger partial charge in [0.1, 0.15) is 0 Å². The highest BCUT2D eigenvalue weighted by atomic mass is 16.3. The number of allylic oxidation sites excluding steroid dienone is 2. The van der Waals surface area contributed by atoms with Gasteiger partial charge in [-0.25, -0.2) is 0 Å². The molecule has 3 unspecified atom stereocenters. The molecule has 4 N–H and O–H groups in total. The van der Waals surface area contributed by atoms with Crippen LogP contribution in [-0.2, 0) is 0 Å². The minimum atomic E-state index is -0.653. The summed E-state index contributed by atoms with van der Waals surface area (Å²) in [4.78, 5) is 0. The predicted octanol–water partition coefficient (Wildman–Crippen LogP) is 2.47. The fraction of sp³-hybridized carbons (Fsp3) is 0.810. The Labute approximate surface area is 145 Å². The van der Waals surface area contributed by atoms with Gasteiger partial charge in [-0.2, -0.15) is 0 Å². The second kappa shape index (κ2) is 5.34. The molecule has 4 aliphatic rings. The van der Waals surface area contributed by atoms with E-state index in [-0.39, 0.29) is 28.7 Å². The number of rotatable bonds is 0. The van der Waals surface area contributed by atoms with Crippen LogP contribution in [0.5, 0.6) is 0 Å². The number of fused-ring (bicyclic) bond motifs is 5. The van der Waals surface area contributed by atoms with Crippen LogP contribution in [0, 0.1) is 46.8 Å². The van der Waals surface area contributed by atoms with Crippen LogP contribution < -0.4 is 5.73 Å². The van der Waals surface area contributed by atoms with E-state index in [4.69, 9.17) is 12.2 Å². The van der Waals surface area contributed by atoms with Crippen molar-refractivity contribution in [3.8, 4) is 12.3 Å². The third kappa shape index (κ3) is 1.97. The Morgan fingerprint density at radius 2 is 1.88 bits per heavy atom. The standard InChI is InChI=1S/C21H31NO2/c1-4-12-5-6-14-17-15(8-10-20(12,14)2)21(3)9-7-13(22)11-16(21)18(23)19(17)24/h1,5,13-19,23-24H,6-11,22H2,2-3H3/t13-,14?,15?,16+,17?,18+,19+,20+,21+/m0/s1. The van der Waals surface area contributed by atoms with Crippen LogP contribution in [0.1, 0.15) is 52.4 Å². The molecule has 0 aromatic carbocycles. The Morgan fingerprint density at radius 1 is 1.12 bits per heavy atom. The van der Waals surface area contributed by atoms with E-state index in [2.05, 4.69) is 25.8 Å².